The quantitative estimate of drug-likeness (QED) is 0.754. The Kier molecular flexibility index (Phi) is 4.54. The number of halogens is 2. The number of methoxy groups -OCH3 is 1. The highest BCUT2D eigenvalue weighted by atomic mass is 79.9. The summed E-state index contributed by atoms with van der Waals surface area (Å²) in [5.74, 6) is 1.56. The van der Waals surface area contributed by atoms with Gasteiger partial charge in [-0.3, -0.25) is 0 Å². The number of hydrogen-bond donors (Lipinski definition) is 0. The first-order chi connectivity index (χ1) is 10.2. The molecule has 1 fully saturated rings. The lowest BCUT2D eigenvalue weighted by atomic mass is 10.0. The van der Waals surface area contributed by atoms with Crippen LogP contribution in [0.4, 0.5) is 0 Å². The molecule has 4 nitrogen and oxygen atoms in total. The molecule has 1 aliphatic heterocycles. The summed E-state index contributed by atoms with van der Waals surface area (Å²) in [4.78, 5) is 4.72. The molecular weight excluding hydrogens is 356 g/mol. The van der Waals surface area contributed by atoms with E-state index in [-0.39, 0.29) is 5.60 Å². The van der Waals surface area contributed by atoms with Crippen molar-refractivity contribution in [2.75, 3.05) is 26.2 Å². The summed E-state index contributed by atoms with van der Waals surface area (Å²) in [6, 6.07) is 6.16. The summed E-state index contributed by atoms with van der Waals surface area (Å²) in [5, 5.41) is 0. The average Bonchev–Trinajstić information content (AvgIpc) is 3.06. The van der Waals surface area contributed by atoms with E-state index in [2.05, 4.69) is 26.6 Å². The van der Waals surface area contributed by atoms with Crippen molar-refractivity contribution in [3.63, 3.8) is 0 Å². The molecule has 0 aliphatic carbocycles. The van der Waals surface area contributed by atoms with Crippen LogP contribution in [-0.4, -0.2) is 41.4 Å². The van der Waals surface area contributed by atoms with E-state index in [1.54, 1.807) is 7.11 Å². The zero-order valence-corrected chi connectivity index (χ0v) is 14.3. The van der Waals surface area contributed by atoms with Crippen LogP contribution in [0.15, 0.2) is 22.7 Å². The Bertz CT molecular complexity index is 638. The number of rotatable bonds is 5. The first-order valence-corrected chi connectivity index (χ1v) is 8.34. The maximum Gasteiger partial charge on any atom is 0.111 e. The van der Waals surface area contributed by atoms with Gasteiger partial charge in [-0.05, 0) is 18.2 Å². The molecule has 3 rings (SSSR count). The van der Waals surface area contributed by atoms with Gasteiger partial charge in [0.15, 0.2) is 0 Å². The van der Waals surface area contributed by atoms with E-state index in [4.69, 9.17) is 26.1 Å². The number of aryl methyl sites for hydroxylation is 1. The van der Waals surface area contributed by atoms with E-state index in [0.717, 1.165) is 47.3 Å². The van der Waals surface area contributed by atoms with Gasteiger partial charge >= 0.3 is 0 Å². The van der Waals surface area contributed by atoms with Crippen molar-refractivity contribution in [1.82, 2.24) is 9.55 Å². The molecule has 0 spiro atoms. The molecule has 0 amide bonds. The van der Waals surface area contributed by atoms with Gasteiger partial charge in [0.25, 0.3) is 0 Å². The van der Waals surface area contributed by atoms with Gasteiger partial charge < -0.3 is 14.0 Å². The minimum atomic E-state index is -0.262. The molecule has 1 atom stereocenters. The van der Waals surface area contributed by atoms with Crippen LogP contribution in [0.5, 0.6) is 0 Å². The summed E-state index contributed by atoms with van der Waals surface area (Å²) in [6.07, 6.45) is 1.65. The molecule has 0 radical (unpaired) electrons. The van der Waals surface area contributed by atoms with Crippen LogP contribution in [0.1, 0.15) is 12.2 Å². The first kappa shape index (κ1) is 15.3. The Morgan fingerprint density at radius 1 is 1.52 bits per heavy atom. The summed E-state index contributed by atoms with van der Waals surface area (Å²) in [5.41, 5.74) is 1.83. The van der Waals surface area contributed by atoms with E-state index in [1.165, 1.54) is 0 Å². The predicted molar refractivity (Wildman–Crippen MR) is 87.0 cm³/mol. The fraction of sp³-hybridized carbons (Fsp3) is 0.533. The first-order valence-electron chi connectivity index (χ1n) is 7.01. The number of imidazole rings is 1. The van der Waals surface area contributed by atoms with Crippen LogP contribution >= 0.6 is 27.5 Å². The molecule has 0 bridgehead atoms. The van der Waals surface area contributed by atoms with Crippen LogP contribution in [-0.2, 0) is 22.4 Å². The Hall–Kier alpha value is -0.620. The van der Waals surface area contributed by atoms with Gasteiger partial charge in [-0.2, -0.15) is 0 Å². The fourth-order valence-electron chi connectivity index (χ4n) is 2.83. The fourth-order valence-corrected chi connectivity index (χ4v) is 3.35. The van der Waals surface area contributed by atoms with E-state index < -0.39 is 0 Å². The standard InChI is InChI=1S/C15H18BrClN2O2/c1-20-15(5-7-21-10-15)9-19-13-3-2-11(16)8-12(13)18-14(19)4-6-17/h2-3,8H,4-7,9-10H2,1H3. The van der Waals surface area contributed by atoms with E-state index in [0.29, 0.717) is 12.5 Å². The highest BCUT2D eigenvalue weighted by molar-refractivity contribution is 9.10. The molecule has 1 saturated heterocycles. The van der Waals surface area contributed by atoms with Gasteiger partial charge in [-0.1, -0.05) is 15.9 Å². The van der Waals surface area contributed by atoms with E-state index in [1.807, 2.05) is 12.1 Å². The summed E-state index contributed by atoms with van der Waals surface area (Å²) in [7, 11) is 1.76. The largest absolute Gasteiger partial charge is 0.378 e. The van der Waals surface area contributed by atoms with E-state index in [9.17, 15) is 0 Å². The van der Waals surface area contributed by atoms with Gasteiger partial charge in [-0.15, -0.1) is 11.6 Å². The molecule has 2 aromatic rings. The second-order valence-corrected chi connectivity index (χ2v) is 6.67. The van der Waals surface area contributed by atoms with Crippen LogP contribution in [0.2, 0.25) is 0 Å². The molecular formula is C15H18BrClN2O2. The second kappa shape index (κ2) is 6.24. The average molecular weight is 374 g/mol. The molecule has 1 aromatic carbocycles. The molecule has 114 valence electrons. The summed E-state index contributed by atoms with van der Waals surface area (Å²) >= 11 is 9.43. The number of nitrogens with zero attached hydrogens (tertiary/aromatic N) is 2. The third-order valence-corrected chi connectivity index (χ3v) is 4.74. The Morgan fingerprint density at radius 3 is 3.05 bits per heavy atom. The van der Waals surface area contributed by atoms with Gasteiger partial charge in [0.2, 0.25) is 0 Å². The lowest BCUT2D eigenvalue weighted by Gasteiger charge is -2.27. The van der Waals surface area contributed by atoms with Crippen LogP contribution in [0.25, 0.3) is 11.0 Å². The zero-order valence-electron chi connectivity index (χ0n) is 11.9. The number of alkyl halides is 1. The van der Waals surface area contributed by atoms with Crippen molar-refractivity contribution in [2.24, 2.45) is 0 Å². The molecule has 1 aromatic heterocycles. The monoisotopic (exact) mass is 372 g/mol. The molecule has 0 N–H and O–H groups in total. The molecule has 21 heavy (non-hydrogen) atoms. The molecule has 2 heterocycles. The number of fused-ring (bicyclic) bond motifs is 1. The zero-order chi connectivity index (χ0) is 14.9. The third-order valence-electron chi connectivity index (χ3n) is 4.05. The third kappa shape index (κ3) is 2.97. The van der Waals surface area contributed by atoms with Crippen LogP contribution in [0, 0.1) is 0 Å². The van der Waals surface area contributed by atoms with Crippen molar-refractivity contribution >= 4 is 38.6 Å². The molecule has 1 unspecified atom stereocenters. The summed E-state index contributed by atoms with van der Waals surface area (Å²) < 4.78 is 14.6. The van der Waals surface area contributed by atoms with Gasteiger partial charge in [0, 0.05) is 36.9 Å². The van der Waals surface area contributed by atoms with Crippen molar-refractivity contribution in [1.29, 1.82) is 0 Å². The van der Waals surface area contributed by atoms with Gasteiger partial charge in [0.05, 0.1) is 24.2 Å². The SMILES string of the molecule is COC1(Cn2c(CCCl)nc3cc(Br)ccc32)CCOC1. The number of benzene rings is 1. The Morgan fingerprint density at radius 2 is 2.38 bits per heavy atom. The molecule has 6 heteroatoms. The minimum absolute atomic E-state index is 0.262. The maximum atomic E-state index is 5.93. The molecule has 1 aliphatic rings. The predicted octanol–water partition coefficient (Wildman–Crippen LogP) is 3.39. The van der Waals surface area contributed by atoms with Crippen LogP contribution in [0.3, 0.4) is 0 Å². The van der Waals surface area contributed by atoms with Crippen LogP contribution < -0.4 is 0 Å². The highest BCUT2D eigenvalue weighted by Gasteiger charge is 2.36. The number of ether oxygens (including phenoxy) is 2. The minimum Gasteiger partial charge on any atom is -0.378 e. The van der Waals surface area contributed by atoms with Gasteiger partial charge in [0.1, 0.15) is 11.4 Å². The normalized spacial score (nSPS) is 22.2. The smallest absolute Gasteiger partial charge is 0.111 e. The maximum absolute atomic E-state index is 5.93. The number of aromatic nitrogens is 2. The van der Waals surface area contributed by atoms with E-state index >= 15 is 0 Å². The Labute approximate surface area is 137 Å². The summed E-state index contributed by atoms with van der Waals surface area (Å²) in [6.45, 7) is 2.12. The Balaban J connectivity index is 2.04. The molecule has 0 saturated carbocycles. The highest BCUT2D eigenvalue weighted by Crippen LogP contribution is 2.29. The van der Waals surface area contributed by atoms with Gasteiger partial charge in [-0.25, -0.2) is 4.98 Å². The topological polar surface area (TPSA) is 36.3 Å². The second-order valence-electron chi connectivity index (χ2n) is 5.38. The van der Waals surface area contributed by atoms with Crippen molar-refractivity contribution in [2.45, 2.75) is 25.0 Å². The van der Waals surface area contributed by atoms with Crippen molar-refractivity contribution in [3.8, 4) is 0 Å². The lowest BCUT2D eigenvalue weighted by Crippen LogP contribution is -2.37. The lowest BCUT2D eigenvalue weighted by molar-refractivity contribution is -0.0292. The van der Waals surface area contributed by atoms with Crippen molar-refractivity contribution in [3.05, 3.63) is 28.5 Å². The van der Waals surface area contributed by atoms with Crippen molar-refractivity contribution < 1.29 is 9.47 Å². The number of hydrogen-bond acceptors (Lipinski definition) is 3.